The van der Waals surface area contributed by atoms with Crippen molar-refractivity contribution in [1.82, 2.24) is 23.9 Å². The average molecular weight is 502 g/mol. The van der Waals surface area contributed by atoms with Crippen LogP contribution in [0.25, 0.3) is 10.9 Å². The van der Waals surface area contributed by atoms with Gasteiger partial charge in [0.2, 0.25) is 0 Å². The number of aryl methyl sites for hydroxylation is 2. The molecule has 10 nitrogen and oxygen atoms in total. The number of sulfone groups is 1. The second-order valence-corrected chi connectivity index (χ2v) is 11.2. The monoisotopic (exact) mass is 501 g/mol. The Morgan fingerprint density at radius 3 is 2.51 bits per heavy atom. The molecule has 1 saturated carbocycles. The van der Waals surface area contributed by atoms with Crippen LogP contribution in [0.2, 0.25) is 0 Å². The molecule has 0 saturated heterocycles. The summed E-state index contributed by atoms with van der Waals surface area (Å²) in [5.41, 5.74) is -1.14. The quantitative estimate of drug-likeness (QED) is 0.361. The minimum Gasteiger partial charge on any atom is -0.444 e. The number of hydrogen-bond donors (Lipinski definition) is 0. The van der Waals surface area contributed by atoms with Crippen molar-refractivity contribution in [2.24, 2.45) is 12.5 Å². The Morgan fingerprint density at radius 1 is 1.14 bits per heavy atom. The van der Waals surface area contributed by atoms with Crippen molar-refractivity contribution in [2.45, 2.75) is 37.8 Å². The Hall–Kier alpha value is -3.54. The van der Waals surface area contributed by atoms with Gasteiger partial charge in [0.05, 0.1) is 53.7 Å². The van der Waals surface area contributed by atoms with Crippen LogP contribution in [0, 0.1) is 12.3 Å². The number of rotatable bonds is 8. The van der Waals surface area contributed by atoms with Crippen molar-refractivity contribution < 1.29 is 17.2 Å². The van der Waals surface area contributed by atoms with E-state index in [0.29, 0.717) is 30.1 Å². The topological polar surface area (TPSA) is 122 Å². The minimum atomic E-state index is -3.84. The lowest BCUT2D eigenvalue weighted by Gasteiger charge is -2.15. The van der Waals surface area contributed by atoms with E-state index in [2.05, 4.69) is 10.1 Å². The molecule has 3 heterocycles. The van der Waals surface area contributed by atoms with Gasteiger partial charge in [0.25, 0.3) is 5.56 Å². The van der Waals surface area contributed by atoms with E-state index in [1.54, 1.807) is 31.0 Å². The Labute approximate surface area is 199 Å². The fourth-order valence-corrected chi connectivity index (χ4v) is 6.15. The number of benzene rings is 1. The predicted molar refractivity (Wildman–Crippen MR) is 125 cm³/mol. The zero-order chi connectivity index (χ0) is 25.0. The molecule has 0 unspecified atom stereocenters. The van der Waals surface area contributed by atoms with Gasteiger partial charge >= 0.3 is 5.69 Å². The van der Waals surface area contributed by atoms with Crippen LogP contribution < -0.4 is 11.2 Å². The van der Waals surface area contributed by atoms with Gasteiger partial charge in [-0.1, -0.05) is 0 Å². The smallest absolute Gasteiger partial charge is 0.332 e. The molecule has 0 N–H and O–H groups in total. The number of oxazole rings is 1. The second kappa shape index (κ2) is 8.29. The average Bonchev–Trinajstić information content (AvgIpc) is 3.26. The first-order valence-electron chi connectivity index (χ1n) is 11.1. The van der Waals surface area contributed by atoms with Crippen molar-refractivity contribution in [3.63, 3.8) is 0 Å². The van der Waals surface area contributed by atoms with Crippen molar-refractivity contribution in [1.29, 1.82) is 0 Å². The summed E-state index contributed by atoms with van der Waals surface area (Å²) in [6, 6.07) is 4.08. The maximum absolute atomic E-state index is 13.4. The predicted octanol–water partition coefficient (Wildman–Crippen LogP) is 1.81. The summed E-state index contributed by atoms with van der Waals surface area (Å²) in [6.07, 6.45) is 5.77. The molecule has 5 rings (SSSR count). The van der Waals surface area contributed by atoms with E-state index in [9.17, 15) is 22.4 Å². The van der Waals surface area contributed by atoms with Gasteiger partial charge in [0, 0.05) is 31.1 Å². The van der Waals surface area contributed by atoms with Gasteiger partial charge in [-0.2, -0.15) is 5.10 Å². The molecule has 0 radical (unpaired) electrons. The third-order valence-corrected chi connectivity index (χ3v) is 8.34. The van der Waals surface area contributed by atoms with Crippen LogP contribution >= 0.6 is 0 Å². The maximum atomic E-state index is 13.4. The summed E-state index contributed by atoms with van der Waals surface area (Å²) < 4.78 is 49.0. The third kappa shape index (κ3) is 4.33. The van der Waals surface area contributed by atoms with E-state index >= 15 is 0 Å². The highest BCUT2D eigenvalue weighted by atomic mass is 32.2. The van der Waals surface area contributed by atoms with Crippen molar-refractivity contribution in [3.8, 4) is 0 Å². The molecule has 12 heteroatoms. The van der Waals surface area contributed by atoms with Crippen LogP contribution in [0.4, 0.5) is 4.39 Å². The van der Waals surface area contributed by atoms with Crippen LogP contribution in [0.5, 0.6) is 0 Å². The summed E-state index contributed by atoms with van der Waals surface area (Å²) >= 11 is 0. The SMILES string of the molecule is Cc1ncc(Cn2c(=O)n(Cc3cnn(C)c3)c(=O)c3cc(S(=O)(=O)CC4(CF)CC4)ccc32)o1. The van der Waals surface area contributed by atoms with E-state index < -0.39 is 33.2 Å². The standard InChI is InChI=1S/C23H24FN5O5S/c1-15-25-9-17(34-15)12-28-20-4-3-18(35(32,33)14-23(13-24)5-6-23)7-19(20)21(30)29(22(28)31)11-16-8-26-27(2)10-16/h3-4,7-10H,5-6,11-14H2,1-2H3. The first-order valence-corrected chi connectivity index (χ1v) is 12.7. The molecule has 1 fully saturated rings. The molecular formula is C23H24FN5O5S. The summed E-state index contributed by atoms with van der Waals surface area (Å²) in [7, 11) is -2.12. The zero-order valence-electron chi connectivity index (χ0n) is 19.3. The van der Waals surface area contributed by atoms with Crippen LogP contribution in [-0.2, 0) is 30.0 Å². The lowest BCUT2D eigenvalue weighted by molar-refractivity contribution is 0.367. The van der Waals surface area contributed by atoms with Gasteiger partial charge in [-0.25, -0.2) is 18.2 Å². The van der Waals surface area contributed by atoms with Gasteiger partial charge in [-0.05, 0) is 31.0 Å². The Morgan fingerprint density at radius 2 is 1.91 bits per heavy atom. The number of hydrogen-bond acceptors (Lipinski definition) is 7. The Bertz CT molecular complexity index is 1660. The van der Waals surface area contributed by atoms with Gasteiger partial charge in [-0.15, -0.1) is 0 Å². The Balaban J connectivity index is 1.68. The highest BCUT2D eigenvalue weighted by Crippen LogP contribution is 2.47. The van der Waals surface area contributed by atoms with E-state index in [0.717, 1.165) is 4.57 Å². The molecule has 4 aromatic rings. The summed E-state index contributed by atoms with van der Waals surface area (Å²) in [5.74, 6) is 0.521. The lowest BCUT2D eigenvalue weighted by Crippen LogP contribution is -2.40. The van der Waals surface area contributed by atoms with E-state index in [1.165, 1.54) is 29.0 Å². The van der Waals surface area contributed by atoms with Gasteiger partial charge < -0.3 is 4.42 Å². The van der Waals surface area contributed by atoms with Crippen LogP contribution in [-0.4, -0.2) is 44.7 Å². The second-order valence-electron chi connectivity index (χ2n) is 9.20. The first kappa shape index (κ1) is 23.2. The number of halogens is 1. The maximum Gasteiger partial charge on any atom is 0.332 e. The van der Waals surface area contributed by atoms with E-state index in [-0.39, 0.29) is 34.6 Å². The molecule has 1 aliphatic rings. The molecule has 3 aromatic heterocycles. The summed E-state index contributed by atoms with van der Waals surface area (Å²) in [5, 5.41) is 4.15. The van der Waals surface area contributed by atoms with Gasteiger partial charge in [-0.3, -0.25) is 23.0 Å². The van der Waals surface area contributed by atoms with E-state index in [4.69, 9.17) is 4.42 Å². The lowest BCUT2D eigenvalue weighted by atomic mass is 10.2. The van der Waals surface area contributed by atoms with Crippen LogP contribution in [0.15, 0.2) is 55.7 Å². The third-order valence-electron chi connectivity index (χ3n) is 6.37. The molecule has 0 spiro atoms. The van der Waals surface area contributed by atoms with Gasteiger partial charge in [0.1, 0.15) is 5.76 Å². The number of fused-ring (bicyclic) bond motifs is 1. The molecule has 0 amide bonds. The molecule has 35 heavy (non-hydrogen) atoms. The van der Waals surface area contributed by atoms with E-state index in [1.807, 2.05) is 0 Å². The molecule has 0 bridgehead atoms. The number of alkyl halides is 1. The molecule has 1 aromatic carbocycles. The first-order chi connectivity index (χ1) is 16.6. The fraction of sp³-hybridized carbons (Fsp3) is 0.391. The van der Waals surface area contributed by atoms with Crippen molar-refractivity contribution in [2.75, 3.05) is 12.4 Å². The number of aromatic nitrogens is 5. The molecule has 184 valence electrons. The van der Waals surface area contributed by atoms with Gasteiger partial charge in [0.15, 0.2) is 15.7 Å². The highest BCUT2D eigenvalue weighted by Gasteiger charge is 2.46. The largest absolute Gasteiger partial charge is 0.444 e. The Kier molecular flexibility index (Phi) is 5.50. The van der Waals surface area contributed by atoms with Crippen molar-refractivity contribution in [3.05, 3.63) is 74.8 Å². The fourth-order valence-electron chi connectivity index (χ4n) is 4.24. The zero-order valence-corrected chi connectivity index (χ0v) is 20.1. The minimum absolute atomic E-state index is 0.000548. The molecule has 0 aliphatic heterocycles. The van der Waals surface area contributed by atoms with Crippen LogP contribution in [0.1, 0.15) is 30.1 Å². The molecular weight excluding hydrogens is 477 g/mol. The molecule has 1 aliphatic carbocycles. The highest BCUT2D eigenvalue weighted by molar-refractivity contribution is 7.91. The normalized spacial score (nSPS) is 15.1. The molecule has 0 atom stereocenters. The van der Waals surface area contributed by atoms with Crippen LogP contribution in [0.3, 0.4) is 0 Å². The van der Waals surface area contributed by atoms with Crippen molar-refractivity contribution >= 4 is 20.7 Å². The number of nitrogens with zero attached hydrogens (tertiary/aromatic N) is 5. The summed E-state index contributed by atoms with van der Waals surface area (Å²) in [6.45, 7) is 0.933. The summed E-state index contributed by atoms with van der Waals surface area (Å²) in [4.78, 5) is 30.8.